The second-order valence-corrected chi connectivity index (χ2v) is 15.0. The molecule has 0 aromatic heterocycles. The maximum Gasteiger partial charge on any atom is 0.259 e. The second kappa shape index (κ2) is 16.8. The first-order valence-electron chi connectivity index (χ1n) is 18.7. The minimum Gasteiger partial charge on any atom is -0.505 e. The Morgan fingerprint density at radius 2 is 0.867 bits per heavy atom. The summed E-state index contributed by atoms with van der Waals surface area (Å²) in [5.41, 5.74) is 5.98. The average molecular weight is 830 g/mol. The number of aromatic hydroxyl groups is 2. The van der Waals surface area contributed by atoms with Crippen LogP contribution in [0.3, 0.4) is 0 Å². The van der Waals surface area contributed by atoms with Gasteiger partial charge in [-0.05, 0) is 120 Å². The van der Waals surface area contributed by atoms with Gasteiger partial charge in [0.2, 0.25) is 0 Å². The van der Waals surface area contributed by atoms with Gasteiger partial charge in [0.15, 0.2) is 11.5 Å². The van der Waals surface area contributed by atoms with Crippen LogP contribution < -0.4 is 10.6 Å². The fourth-order valence-electron chi connectivity index (χ4n) is 6.84. The molecule has 12 heteroatoms. The molecule has 0 unspecified atom stereocenters. The molecule has 0 heterocycles. The third-order valence-electron chi connectivity index (χ3n) is 9.68. The van der Waals surface area contributed by atoms with E-state index in [4.69, 9.17) is 23.2 Å². The van der Waals surface area contributed by atoms with Gasteiger partial charge in [-0.3, -0.25) is 9.59 Å². The number of amides is 2. The summed E-state index contributed by atoms with van der Waals surface area (Å²) in [6.45, 7) is 3.79. The third kappa shape index (κ3) is 8.56. The maximum atomic E-state index is 13.6. The van der Waals surface area contributed by atoms with E-state index in [2.05, 4.69) is 31.1 Å². The molecule has 0 fully saturated rings. The van der Waals surface area contributed by atoms with Crippen molar-refractivity contribution >= 4 is 90.7 Å². The summed E-state index contributed by atoms with van der Waals surface area (Å²) in [5, 5.41) is 49.4. The summed E-state index contributed by atoms with van der Waals surface area (Å²) < 4.78 is 0. The van der Waals surface area contributed by atoms with E-state index in [1.54, 1.807) is 72.8 Å². The van der Waals surface area contributed by atoms with Crippen molar-refractivity contribution in [1.82, 2.24) is 0 Å². The van der Waals surface area contributed by atoms with Crippen molar-refractivity contribution in [1.29, 1.82) is 0 Å². The van der Waals surface area contributed by atoms with E-state index in [0.29, 0.717) is 54.3 Å². The van der Waals surface area contributed by atoms with Crippen LogP contribution in [0, 0.1) is 13.8 Å². The lowest BCUT2D eigenvalue weighted by Crippen LogP contribution is -2.12. The molecule has 294 valence electrons. The van der Waals surface area contributed by atoms with Crippen LogP contribution in [0.5, 0.6) is 11.5 Å². The predicted molar refractivity (Wildman–Crippen MR) is 240 cm³/mol. The van der Waals surface area contributed by atoms with Crippen molar-refractivity contribution in [3.8, 4) is 22.6 Å². The fraction of sp³-hybridized carbons (Fsp3) is 0.0417. The Labute approximate surface area is 354 Å². The summed E-state index contributed by atoms with van der Waals surface area (Å²) in [4.78, 5) is 27.1. The zero-order chi connectivity index (χ0) is 41.9. The van der Waals surface area contributed by atoms with Crippen molar-refractivity contribution in [2.24, 2.45) is 20.5 Å². The number of nitrogens with one attached hydrogen (secondary N) is 2. The average Bonchev–Trinajstić information content (AvgIpc) is 3.22. The first-order valence-corrected chi connectivity index (χ1v) is 19.5. The molecule has 8 rings (SSSR count). The monoisotopic (exact) mass is 828 g/mol. The van der Waals surface area contributed by atoms with Crippen LogP contribution in [-0.2, 0) is 0 Å². The first-order chi connectivity index (χ1) is 29.0. The van der Waals surface area contributed by atoms with Gasteiger partial charge >= 0.3 is 0 Å². The molecule has 0 bridgehead atoms. The number of aryl methyl sites for hydroxylation is 2. The first kappa shape index (κ1) is 39.4. The summed E-state index contributed by atoms with van der Waals surface area (Å²) in [6.07, 6.45) is 0. The molecular weight excluding hydrogens is 795 g/mol. The molecule has 0 atom stereocenters. The molecule has 0 aliphatic carbocycles. The van der Waals surface area contributed by atoms with Gasteiger partial charge in [-0.15, -0.1) is 10.2 Å². The highest BCUT2D eigenvalue weighted by molar-refractivity contribution is 6.31. The molecular formula is C48H34Cl2N6O4. The highest BCUT2D eigenvalue weighted by Crippen LogP contribution is 2.41. The van der Waals surface area contributed by atoms with E-state index in [0.717, 1.165) is 22.3 Å². The van der Waals surface area contributed by atoms with Crippen LogP contribution in [-0.4, -0.2) is 22.0 Å². The highest BCUT2D eigenvalue weighted by Gasteiger charge is 2.20. The van der Waals surface area contributed by atoms with E-state index in [1.165, 1.54) is 0 Å². The topological polar surface area (TPSA) is 148 Å². The molecule has 8 aromatic rings. The van der Waals surface area contributed by atoms with Crippen LogP contribution in [0.15, 0.2) is 166 Å². The normalized spacial score (nSPS) is 11.5. The summed E-state index contributed by atoms with van der Waals surface area (Å²) >= 11 is 12.4. The SMILES string of the molecule is Cc1cc(Cl)cc(N=Nc2c(O)c(C(=O)Nc3ccc(-c4ccc(NC(=O)c5cc6ccccc6c(N=Nc6cc(C)cc(Cl)c6)c5O)cc4)cc3)cc3ccccc23)c1. The number of halogens is 2. The number of carbonyl (C=O) groups is 2. The van der Waals surface area contributed by atoms with E-state index in [9.17, 15) is 19.8 Å². The van der Waals surface area contributed by atoms with Gasteiger partial charge in [-0.25, -0.2) is 0 Å². The molecule has 0 spiro atoms. The Hall–Kier alpha value is -7.40. The van der Waals surface area contributed by atoms with Crippen molar-refractivity contribution in [2.45, 2.75) is 13.8 Å². The molecule has 0 saturated heterocycles. The van der Waals surface area contributed by atoms with Gasteiger partial charge < -0.3 is 20.8 Å². The molecule has 10 nitrogen and oxygen atoms in total. The number of anilines is 2. The van der Waals surface area contributed by atoms with Crippen LogP contribution in [0.4, 0.5) is 34.1 Å². The number of carbonyl (C=O) groups excluding carboxylic acids is 2. The van der Waals surface area contributed by atoms with E-state index >= 15 is 0 Å². The number of hydrogen-bond acceptors (Lipinski definition) is 8. The quantitative estimate of drug-likeness (QED) is 0.107. The number of hydrogen-bond donors (Lipinski definition) is 4. The van der Waals surface area contributed by atoms with Gasteiger partial charge in [-0.2, -0.15) is 10.2 Å². The Balaban J connectivity index is 0.976. The van der Waals surface area contributed by atoms with Gasteiger partial charge in [0, 0.05) is 32.2 Å². The molecule has 0 radical (unpaired) electrons. The molecule has 60 heavy (non-hydrogen) atoms. The zero-order valence-electron chi connectivity index (χ0n) is 32.1. The fourth-order valence-corrected chi connectivity index (χ4v) is 7.41. The Kier molecular flexibility index (Phi) is 11.1. The number of phenols is 2. The summed E-state index contributed by atoms with van der Waals surface area (Å²) in [7, 11) is 0. The van der Waals surface area contributed by atoms with Crippen molar-refractivity contribution in [2.75, 3.05) is 10.6 Å². The van der Waals surface area contributed by atoms with E-state index in [1.807, 2.05) is 86.6 Å². The van der Waals surface area contributed by atoms with Crippen molar-refractivity contribution in [3.63, 3.8) is 0 Å². The number of rotatable bonds is 9. The van der Waals surface area contributed by atoms with Crippen LogP contribution in [0.2, 0.25) is 10.0 Å². The molecule has 8 aromatic carbocycles. The van der Waals surface area contributed by atoms with Crippen LogP contribution >= 0.6 is 23.2 Å². The Morgan fingerprint density at radius 1 is 0.483 bits per heavy atom. The lowest BCUT2D eigenvalue weighted by Gasteiger charge is -2.12. The standard InChI is InChI=1S/C48H34Cl2N6O4/c1-27-19-33(49)25-37(21-27)53-55-43-39-9-5-3-7-31(39)23-41(45(43)57)47(59)51-35-15-11-29(12-16-35)30-13-17-36(18-14-30)52-48(60)42-24-32-8-4-6-10-40(32)44(46(42)58)56-54-38-22-28(2)20-34(50)26-38/h3-26,57-58H,1-2H3,(H,51,59)(H,52,60). The Morgan fingerprint density at radius 3 is 1.25 bits per heavy atom. The maximum absolute atomic E-state index is 13.6. The number of benzene rings is 8. The predicted octanol–water partition coefficient (Wildman–Crippen LogP) is 14.3. The minimum atomic E-state index is -0.523. The molecule has 0 saturated carbocycles. The Bertz CT molecular complexity index is 2790. The largest absolute Gasteiger partial charge is 0.505 e. The van der Waals surface area contributed by atoms with Crippen LogP contribution in [0.1, 0.15) is 31.8 Å². The molecule has 0 aliphatic heterocycles. The number of fused-ring (bicyclic) bond motifs is 2. The van der Waals surface area contributed by atoms with Crippen LogP contribution in [0.25, 0.3) is 32.7 Å². The number of phenolic OH excluding ortho intramolecular Hbond substituents is 2. The van der Waals surface area contributed by atoms with Crippen molar-refractivity contribution < 1.29 is 19.8 Å². The molecule has 4 N–H and O–H groups in total. The van der Waals surface area contributed by atoms with Gasteiger partial charge in [0.05, 0.1) is 22.5 Å². The number of nitrogens with zero attached hydrogens (tertiary/aromatic N) is 4. The second-order valence-electron chi connectivity index (χ2n) is 14.1. The summed E-state index contributed by atoms with van der Waals surface area (Å²) in [6, 6.07) is 42.8. The lowest BCUT2D eigenvalue weighted by atomic mass is 10.0. The van der Waals surface area contributed by atoms with Gasteiger partial charge in [-0.1, -0.05) is 96.0 Å². The van der Waals surface area contributed by atoms with Crippen molar-refractivity contribution in [3.05, 3.63) is 178 Å². The highest BCUT2D eigenvalue weighted by atomic mass is 35.5. The third-order valence-corrected chi connectivity index (χ3v) is 10.1. The molecule has 0 aliphatic rings. The lowest BCUT2D eigenvalue weighted by molar-refractivity contribution is 0.101. The smallest absolute Gasteiger partial charge is 0.259 e. The van der Waals surface area contributed by atoms with E-state index < -0.39 is 11.8 Å². The minimum absolute atomic E-state index is 0.0388. The van der Waals surface area contributed by atoms with Gasteiger partial charge in [0.25, 0.3) is 11.8 Å². The summed E-state index contributed by atoms with van der Waals surface area (Å²) in [5.74, 6) is -1.65. The molecule has 2 amide bonds. The van der Waals surface area contributed by atoms with E-state index in [-0.39, 0.29) is 34.0 Å². The van der Waals surface area contributed by atoms with Gasteiger partial charge in [0.1, 0.15) is 11.4 Å². The number of azo groups is 2. The zero-order valence-corrected chi connectivity index (χ0v) is 33.6.